The standard InChI is InChI=1S/C23H25N5O3.C2HF3O2/c1-14(2)28-20-8-6-17(10-18(20)11-24-28)23-25-22(26-31-23)19-7-5-16(9-15(19)3)12-27(4)13-21(29)30;3-2(4,5)1(6)7/h5-11,14H,12-13H2,1-4H3,(H,29,30);(H,6,7). The molecule has 0 radical (unpaired) electrons. The van der Waals surface area contributed by atoms with E-state index in [0.717, 1.165) is 33.2 Å². The van der Waals surface area contributed by atoms with Crippen molar-refractivity contribution in [2.24, 2.45) is 0 Å². The summed E-state index contributed by atoms with van der Waals surface area (Å²) in [5.74, 6) is -2.62. The number of aliphatic carboxylic acids is 2. The van der Waals surface area contributed by atoms with Gasteiger partial charge >= 0.3 is 18.1 Å². The van der Waals surface area contributed by atoms with Gasteiger partial charge in [-0.05, 0) is 57.1 Å². The molecular weight excluding hydrogens is 507 g/mol. The van der Waals surface area contributed by atoms with Crippen molar-refractivity contribution >= 4 is 22.8 Å². The maximum absolute atomic E-state index is 10.9. The number of carboxylic acids is 2. The Hall–Kier alpha value is -4.26. The zero-order chi connectivity index (χ0) is 28.2. The van der Waals surface area contributed by atoms with Crippen molar-refractivity contribution in [3.8, 4) is 22.8 Å². The lowest BCUT2D eigenvalue weighted by Gasteiger charge is -2.14. The Labute approximate surface area is 215 Å². The van der Waals surface area contributed by atoms with Crippen molar-refractivity contribution in [2.75, 3.05) is 13.6 Å². The average molecular weight is 534 g/mol. The predicted molar refractivity (Wildman–Crippen MR) is 131 cm³/mol. The Bertz CT molecular complexity index is 1440. The summed E-state index contributed by atoms with van der Waals surface area (Å²) < 4.78 is 39.3. The molecule has 0 saturated carbocycles. The Morgan fingerprint density at radius 3 is 2.39 bits per heavy atom. The van der Waals surface area contributed by atoms with Gasteiger partial charge in [-0.2, -0.15) is 23.3 Å². The number of hydrogen-bond acceptors (Lipinski definition) is 7. The van der Waals surface area contributed by atoms with Gasteiger partial charge in [-0.1, -0.05) is 23.4 Å². The van der Waals surface area contributed by atoms with E-state index in [4.69, 9.17) is 19.5 Å². The zero-order valence-electron chi connectivity index (χ0n) is 21.0. The van der Waals surface area contributed by atoms with E-state index >= 15 is 0 Å². The number of carboxylic acid groups (broad SMARTS) is 2. The maximum Gasteiger partial charge on any atom is 0.490 e. The van der Waals surface area contributed by atoms with E-state index in [1.165, 1.54) is 0 Å². The Balaban J connectivity index is 0.000000505. The van der Waals surface area contributed by atoms with Crippen LogP contribution in [0.4, 0.5) is 13.2 Å². The van der Waals surface area contributed by atoms with Crippen molar-refractivity contribution < 1.29 is 37.5 Å². The van der Waals surface area contributed by atoms with E-state index in [0.29, 0.717) is 18.3 Å². The quantitative estimate of drug-likeness (QED) is 0.344. The molecule has 0 aliphatic carbocycles. The molecule has 0 aliphatic heterocycles. The number of carbonyl (C=O) groups is 2. The predicted octanol–water partition coefficient (Wildman–Crippen LogP) is 4.79. The summed E-state index contributed by atoms with van der Waals surface area (Å²) in [4.78, 5) is 26.1. The fourth-order valence-electron chi connectivity index (χ4n) is 3.72. The number of aryl methyl sites for hydroxylation is 1. The third kappa shape index (κ3) is 6.94. The van der Waals surface area contributed by atoms with Gasteiger partial charge in [0.2, 0.25) is 5.82 Å². The SMILES string of the molecule is Cc1cc(CN(C)CC(=O)O)ccc1-c1noc(-c2ccc3c(cnn3C(C)C)c2)n1.O=C(O)C(F)(F)F. The molecule has 38 heavy (non-hydrogen) atoms. The number of likely N-dealkylation sites (N-methyl/N-ethyl adjacent to an activating group) is 1. The van der Waals surface area contributed by atoms with E-state index in [9.17, 15) is 18.0 Å². The van der Waals surface area contributed by atoms with E-state index in [2.05, 4.69) is 29.1 Å². The molecule has 0 unspecified atom stereocenters. The molecule has 0 aliphatic rings. The van der Waals surface area contributed by atoms with Gasteiger partial charge in [0, 0.05) is 29.1 Å². The van der Waals surface area contributed by atoms with Crippen molar-refractivity contribution in [1.29, 1.82) is 0 Å². The number of benzene rings is 2. The minimum atomic E-state index is -5.08. The topological polar surface area (TPSA) is 135 Å². The molecule has 0 saturated heterocycles. The first-order valence-corrected chi connectivity index (χ1v) is 11.4. The lowest BCUT2D eigenvalue weighted by molar-refractivity contribution is -0.192. The lowest BCUT2D eigenvalue weighted by Crippen LogP contribution is -2.25. The molecule has 0 bridgehead atoms. The number of fused-ring (bicyclic) bond motifs is 1. The average Bonchev–Trinajstić information content (AvgIpc) is 3.45. The highest BCUT2D eigenvalue weighted by atomic mass is 19.4. The van der Waals surface area contributed by atoms with E-state index in [-0.39, 0.29) is 12.6 Å². The van der Waals surface area contributed by atoms with Gasteiger partial charge in [0.25, 0.3) is 5.89 Å². The number of aromatic nitrogens is 4. The molecule has 2 aromatic heterocycles. The van der Waals surface area contributed by atoms with Gasteiger partial charge in [0.05, 0.1) is 18.3 Å². The van der Waals surface area contributed by atoms with Crippen molar-refractivity contribution in [1.82, 2.24) is 24.8 Å². The highest BCUT2D eigenvalue weighted by molar-refractivity contribution is 5.83. The van der Waals surface area contributed by atoms with Crippen LogP contribution in [-0.2, 0) is 16.1 Å². The molecule has 0 atom stereocenters. The molecule has 202 valence electrons. The summed E-state index contributed by atoms with van der Waals surface area (Å²) >= 11 is 0. The number of hydrogen-bond donors (Lipinski definition) is 2. The van der Waals surface area contributed by atoms with Crippen LogP contribution in [0.2, 0.25) is 0 Å². The highest BCUT2D eigenvalue weighted by Gasteiger charge is 2.38. The van der Waals surface area contributed by atoms with Crippen molar-refractivity contribution in [3.05, 3.63) is 53.7 Å². The molecule has 10 nitrogen and oxygen atoms in total. The molecule has 0 amide bonds. The van der Waals surface area contributed by atoms with Gasteiger partial charge in [0.15, 0.2) is 0 Å². The number of halogens is 3. The normalized spacial score (nSPS) is 11.6. The summed E-state index contributed by atoms with van der Waals surface area (Å²) in [7, 11) is 1.78. The van der Waals surface area contributed by atoms with Crippen molar-refractivity contribution in [2.45, 2.75) is 39.5 Å². The summed E-state index contributed by atoms with van der Waals surface area (Å²) in [5.41, 5.74) is 4.83. The Morgan fingerprint density at radius 2 is 1.82 bits per heavy atom. The van der Waals surface area contributed by atoms with Gasteiger partial charge in [-0.25, -0.2) is 4.79 Å². The van der Waals surface area contributed by atoms with Crippen LogP contribution in [0.5, 0.6) is 0 Å². The van der Waals surface area contributed by atoms with Crippen LogP contribution in [0.25, 0.3) is 33.7 Å². The van der Waals surface area contributed by atoms with Crippen LogP contribution in [0, 0.1) is 6.92 Å². The van der Waals surface area contributed by atoms with Crippen LogP contribution in [-0.4, -0.2) is 66.7 Å². The summed E-state index contributed by atoms with van der Waals surface area (Å²) in [6, 6.07) is 12.2. The number of nitrogens with zero attached hydrogens (tertiary/aromatic N) is 5. The van der Waals surface area contributed by atoms with Crippen molar-refractivity contribution in [3.63, 3.8) is 0 Å². The molecule has 2 aromatic carbocycles. The molecule has 2 heterocycles. The number of alkyl halides is 3. The monoisotopic (exact) mass is 533 g/mol. The van der Waals surface area contributed by atoms with E-state index < -0.39 is 18.1 Å². The Kier molecular flexibility index (Phi) is 8.51. The second kappa shape index (κ2) is 11.4. The van der Waals surface area contributed by atoms with Crippen LogP contribution in [0.15, 0.2) is 47.1 Å². The molecule has 13 heteroatoms. The smallest absolute Gasteiger partial charge is 0.480 e. The summed E-state index contributed by atoms with van der Waals surface area (Å²) in [6.07, 6.45) is -3.24. The minimum absolute atomic E-state index is 0.00455. The molecule has 4 aromatic rings. The Morgan fingerprint density at radius 1 is 1.13 bits per heavy atom. The largest absolute Gasteiger partial charge is 0.490 e. The maximum atomic E-state index is 10.9. The van der Waals surface area contributed by atoms with Crippen LogP contribution in [0.1, 0.15) is 31.0 Å². The van der Waals surface area contributed by atoms with Gasteiger partial charge < -0.3 is 14.7 Å². The van der Waals surface area contributed by atoms with Gasteiger partial charge in [0.1, 0.15) is 0 Å². The van der Waals surface area contributed by atoms with E-state index in [1.54, 1.807) is 11.9 Å². The molecule has 4 rings (SSSR count). The van der Waals surface area contributed by atoms with E-state index in [1.807, 2.05) is 54.2 Å². The van der Waals surface area contributed by atoms with Crippen LogP contribution < -0.4 is 0 Å². The first kappa shape index (κ1) is 28.3. The molecule has 2 N–H and O–H groups in total. The van der Waals surface area contributed by atoms with Gasteiger partial charge in [-0.15, -0.1) is 0 Å². The minimum Gasteiger partial charge on any atom is -0.480 e. The second-order valence-corrected chi connectivity index (χ2v) is 8.90. The van der Waals surface area contributed by atoms with Crippen LogP contribution in [0.3, 0.4) is 0 Å². The lowest BCUT2D eigenvalue weighted by atomic mass is 10.0. The van der Waals surface area contributed by atoms with Gasteiger partial charge in [-0.3, -0.25) is 14.4 Å². The third-order valence-electron chi connectivity index (χ3n) is 5.39. The summed E-state index contributed by atoms with van der Waals surface area (Å²) in [6.45, 7) is 6.73. The first-order valence-electron chi connectivity index (χ1n) is 11.4. The molecular formula is C25H26F3N5O5. The fraction of sp³-hybridized carbons (Fsp3) is 0.320. The third-order valence-corrected chi connectivity index (χ3v) is 5.39. The zero-order valence-corrected chi connectivity index (χ0v) is 21.0. The summed E-state index contributed by atoms with van der Waals surface area (Å²) in [5, 5.41) is 25.7. The number of rotatable bonds is 7. The first-order chi connectivity index (χ1) is 17.8. The highest BCUT2D eigenvalue weighted by Crippen LogP contribution is 2.28. The fourth-order valence-corrected chi connectivity index (χ4v) is 3.72. The van der Waals surface area contributed by atoms with Crippen LogP contribution >= 0.6 is 0 Å². The molecule has 0 spiro atoms. The second-order valence-electron chi connectivity index (χ2n) is 8.90. The molecule has 0 fully saturated rings.